The molecule has 1 aromatic carbocycles. The Kier molecular flexibility index (Phi) is 4.92. The molecule has 0 spiro atoms. The summed E-state index contributed by atoms with van der Waals surface area (Å²) in [6, 6.07) is 11.1. The Labute approximate surface area is 145 Å². The number of nitrogens with zero attached hydrogens (tertiary/aromatic N) is 2. The minimum absolute atomic E-state index is 0.00890. The van der Waals surface area contributed by atoms with Crippen molar-refractivity contribution in [3.05, 3.63) is 52.3 Å². The molecule has 0 radical (unpaired) electrons. The number of nitrogens with one attached hydrogen (secondary N) is 1. The number of hydrogen-bond acceptors (Lipinski definition) is 6. The van der Waals surface area contributed by atoms with Crippen molar-refractivity contribution in [3.8, 4) is 5.75 Å². The van der Waals surface area contributed by atoms with Gasteiger partial charge in [-0.05, 0) is 19.1 Å². The number of carbonyl (C=O) groups is 1. The summed E-state index contributed by atoms with van der Waals surface area (Å²) in [4.78, 5) is 30.8. The highest BCUT2D eigenvalue weighted by atomic mass is 16.5. The maximum atomic E-state index is 12.2. The fourth-order valence-electron chi connectivity index (χ4n) is 3.00. The van der Waals surface area contributed by atoms with Gasteiger partial charge in [0.1, 0.15) is 17.1 Å². The molecule has 1 aromatic heterocycles. The lowest BCUT2D eigenvalue weighted by molar-refractivity contribution is 0.0523. The van der Waals surface area contributed by atoms with Crippen LogP contribution in [0.5, 0.6) is 5.75 Å². The number of aromatic nitrogens is 1. The van der Waals surface area contributed by atoms with E-state index in [0.29, 0.717) is 18.9 Å². The van der Waals surface area contributed by atoms with Gasteiger partial charge < -0.3 is 24.6 Å². The van der Waals surface area contributed by atoms with Gasteiger partial charge in [-0.25, -0.2) is 4.79 Å². The molecule has 1 aliphatic rings. The minimum atomic E-state index is -0.642. The van der Waals surface area contributed by atoms with Crippen LogP contribution in [0, 0.1) is 0 Å². The molecule has 0 saturated carbocycles. The summed E-state index contributed by atoms with van der Waals surface area (Å²) in [5, 5.41) is 10.1. The second kappa shape index (κ2) is 7.29. The average molecular weight is 343 g/mol. The van der Waals surface area contributed by atoms with Gasteiger partial charge in [-0.2, -0.15) is 0 Å². The second-order valence-electron chi connectivity index (χ2n) is 5.77. The maximum Gasteiger partial charge on any atom is 0.345 e. The van der Waals surface area contributed by atoms with Gasteiger partial charge in [0.25, 0.3) is 5.56 Å². The van der Waals surface area contributed by atoms with E-state index in [9.17, 15) is 14.7 Å². The Morgan fingerprint density at radius 1 is 1.16 bits per heavy atom. The van der Waals surface area contributed by atoms with Crippen molar-refractivity contribution in [2.45, 2.75) is 6.92 Å². The Bertz CT molecular complexity index is 796. The van der Waals surface area contributed by atoms with E-state index in [1.165, 1.54) is 0 Å². The number of anilines is 2. The zero-order chi connectivity index (χ0) is 17.8. The summed E-state index contributed by atoms with van der Waals surface area (Å²) in [5.74, 6) is -0.685. The number of pyridine rings is 1. The summed E-state index contributed by atoms with van der Waals surface area (Å²) < 4.78 is 5.01. The third-order valence-corrected chi connectivity index (χ3v) is 4.20. The number of rotatable bonds is 4. The van der Waals surface area contributed by atoms with Crippen LogP contribution in [0.4, 0.5) is 11.5 Å². The molecule has 7 heteroatoms. The molecule has 2 heterocycles. The van der Waals surface area contributed by atoms with E-state index in [0.717, 1.165) is 24.8 Å². The number of ether oxygens (including phenoxy) is 1. The number of benzene rings is 1. The zero-order valence-electron chi connectivity index (χ0n) is 14.1. The van der Waals surface area contributed by atoms with Crippen molar-refractivity contribution in [1.82, 2.24) is 4.98 Å². The number of aromatic hydroxyl groups is 1. The number of aromatic amines is 1. The fraction of sp³-hybridized carbons (Fsp3) is 0.333. The van der Waals surface area contributed by atoms with Crippen molar-refractivity contribution in [1.29, 1.82) is 0 Å². The van der Waals surface area contributed by atoms with Crippen molar-refractivity contribution in [2.24, 2.45) is 0 Å². The van der Waals surface area contributed by atoms with Crippen LogP contribution >= 0.6 is 0 Å². The number of hydrogen-bond donors (Lipinski definition) is 2. The predicted molar refractivity (Wildman–Crippen MR) is 95.6 cm³/mol. The van der Waals surface area contributed by atoms with Crippen molar-refractivity contribution in [3.63, 3.8) is 0 Å². The summed E-state index contributed by atoms with van der Waals surface area (Å²) in [5.41, 5.74) is 0.692. The first-order valence-corrected chi connectivity index (χ1v) is 8.28. The van der Waals surface area contributed by atoms with Crippen LogP contribution < -0.4 is 15.4 Å². The smallest absolute Gasteiger partial charge is 0.345 e. The Morgan fingerprint density at radius 3 is 2.44 bits per heavy atom. The molecule has 2 N–H and O–H groups in total. The van der Waals surface area contributed by atoms with Gasteiger partial charge in [-0.15, -0.1) is 0 Å². The largest absolute Gasteiger partial charge is 0.507 e. The Balaban J connectivity index is 1.83. The molecular formula is C18H21N3O4. The highest BCUT2D eigenvalue weighted by Gasteiger charge is 2.26. The SMILES string of the molecule is CCOC(=O)c1c(O)cc(=O)[nH]c1N1CCN(c2ccccc2)CC1. The van der Waals surface area contributed by atoms with E-state index >= 15 is 0 Å². The molecule has 3 rings (SSSR count). The average Bonchev–Trinajstić information content (AvgIpc) is 2.62. The van der Waals surface area contributed by atoms with E-state index in [1.807, 2.05) is 23.1 Å². The van der Waals surface area contributed by atoms with E-state index in [-0.39, 0.29) is 17.9 Å². The standard InChI is InChI=1S/C18H21N3O4/c1-2-25-18(24)16-14(22)12-15(23)19-17(16)21-10-8-20(9-11-21)13-6-4-3-5-7-13/h3-7,12H,2,8-11H2,1H3,(H2,19,22,23). The lowest BCUT2D eigenvalue weighted by atomic mass is 10.2. The monoisotopic (exact) mass is 343 g/mol. The number of carbonyl (C=O) groups excluding carboxylic acids is 1. The summed E-state index contributed by atoms with van der Waals surface area (Å²) in [7, 11) is 0. The van der Waals surface area contributed by atoms with E-state index in [1.54, 1.807) is 6.92 Å². The first-order valence-electron chi connectivity index (χ1n) is 8.28. The van der Waals surface area contributed by atoms with Gasteiger partial charge in [0.05, 0.1) is 6.61 Å². The molecule has 0 amide bonds. The molecule has 1 aliphatic heterocycles. The predicted octanol–water partition coefficient (Wildman–Crippen LogP) is 1.58. The molecule has 25 heavy (non-hydrogen) atoms. The molecule has 1 fully saturated rings. The van der Waals surface area contributed by atoms with Crippen LogP contribution in [0.15, 0.2) is 41.2 Å². The molecular weight excluding hydrogens is 322 g/mol. The zero-order valence-corrected chi connectivity index (χ0v) is 14.1. The normalized spacial score (nSPS) is 14.4. The van der Waals surface area contributed by atoms with Crippen molar-refractivity contribution in [2.75, 3.05) is 42.6 Å². The first kappa shape index (κ1) is 16.9. The third kappa shape index (κ3) is 3.60. The summed E-state index contributed by atoms with van der Waals surface area (Å²) in [6.07, 6.45) is 0. The van der Waals surface area contributed by atoms with Crippen LogP contribution in [0.3, 0.4) is 0 Å². The van der Waals surface area contributed by atoms with E-state index in [4.69, 9.17) is 4.74 Å². The third-order valence-electron chi connectivity index (χ3n) is 4.20. The molecule has 7 nitrogen and oxygen atoms in total. The van der Waals surface area contributed by atoms with Crippen LogP contribution in [0.25, 0.3) is 0 Å². The topological polar surface area (TPSA) is 85.9 Å². The number of piperazine rings is 1. The highest BCUT2D eigenvalue weighted by Crippen LogP contribution is 2.27. The molecule has 0 atom stereocenters. The van der Waals surface area contributed by atoms with E-state index < -0.39 is 11.5 Å². The van der Waals surface area contributed by atoms with Gasteiger partial charge in [0.2, 0.25) is 0 Å². The van der Waals surface area contributed by atoms with E-state index in [2.05, 4.69) is 22.0 Å². The minimum Gasteiger partial charge on any atom is -0.507 e. The fourth-order valence-corrected chi connectivity index (χ4v) is 3.00. The summed E-state index contributed by atoms with van der Waals surface area (Å²) in [6.45, 7) is 4.59. The Morgan fingerprint density at radius 2 is 1.80 bits per heavy atom. The quantitative estimate of drug-likeness (QED) is 0.820. The highest BCUT2D eigenvalue weighted by molar-refractivity contribution is 5.97. The molecule has 0 bridgehead atoms. The molecule has 0 aliphatic carbocycles. The number of H-pyrrole nitrogens is 1. The number of esters is 1. The summed E-state index contributed by atoms with van der Waals surface area (Å²) >= 11 is 0. The lowest BCUT2D eigenvalue weighted by Crippen LogP contribution is -2.47. The van der Waals surface area contributed by atoms with Crippen LogP contribution in [0.2, 0.25) is 0 Å². The van der Waals surface area contributed by atoms with Gasteiger partial charge in [0.15, 0.2) is 0 Å². The molecule has 2 aromatic rings. The second-order valence-corrected chi connectivity index (χ2v) is 5.77. The maximum absolute atomic E-state index is 12.2. The molecule has 0 unspecified atom stereocenters. The van der Waals surface area contributed by atoms with Gasteiger partial charge in [-0.3, -0.25) is 4.79 Å². The van der Waals surface area contributed by atoms with Crippen LogP contribution in [-0.4, -0.2) is 48.8 Å². The number of para-hydroxylation sites is 1. The van der Waals surface area contributed by atoms with Gasteiger partial charge >= 0.3 is 5.97 Å². The van der Waals surface area contributed by atoms with Crippen molar-refractivity contribution < 1.29 is 14.6 Å². The van der Waals surface area contributed by atoms with Crippen molar-refractivity contribution >= 4 is 17.5 Å². The lowest BCUT2D eigenvalue weighted by Gasteiger charge is -2.37. The van der Waals surface area contributed by atoms with Gasteiger partial charge in [-0.1, -0.05) is 18.2 Å². The molecule has 132 valence electrons. The molecule has 1 saturated heterocycles. The van der Waals surface area contributed by atoms with Crippen LogP contribution in [0.1, 0.15) is 17.3 Å². The van der Waals surface area contributed by atoms with Crippen LogP contribution in [-0.2, 0) is 4.74 Å². The first-order chi connectivity index (χ1) is 12.1. The Hall–Kier alpha value is -2.96. The van der Waals surface area contributed by atoms with Gasteiger partial charge in [0, 0.05) is 37.9 Å².